The van der Waals surface area contributed by atoms with Crippen molar-refractivity contribution < 1.29 is 9.47 Å². The van der Waals surface area contributed by atoms with Crippen molar-refractivity contribution in [2.45, 2.75) is 123 Å². The Bertz CT molecular complexity index is 263. The highest BCUT2D eigenvalue weighted by molar-refractivity contribution is 4.81. The van der Waals surface area contributed by atoms with E-state index in [1.165, 1.54) is 89.9 Å². The molecule has 1 rings (SSSR count). The van der Waals surface area contributed by atoms with Gasteiger partial charge in [-0.2, -0.15) is 0 Å². The minimum Gasteiger partial charge on any atom is -0.350 e. The standard InChI is InChI=1S/C22H44O2/c1-4-7-8-9-10-14-17-20-22(23-5-2,24-6-3)21-18-15-12-11-13-16-19-21/h21H,4-20H2,1-3H3. The van der Waals surface area contributed by atoms with Crippen molar-refractivity contribution >= 4 is 0 Å². The first-order valence-corrected chi connectivity index (χ1v) is 11.1. The summed E-state index contributed by atoms with van der Waals surface area (Å²) in [5.74, 6) is 0.294. The minimum atomic E-state index is -0.301. The lowest BCUT2D eigenvalue weighted by atomic mass is 9.82. The van der Waals surface area contributed by atoms with Gasteiger partial charge in [0.15, 0.2) is 5.79 Å². The summed E-state index contributed by atoms with van der Waals surface area (Å²) >= 11 is 0. The average molecular weight is 341 g/mol. The lowest BCUT2D eigenvalue weighted by Crippen LogP contribution is -2.44. The molecule has 0 atom stereocenters. The van der Waals surface area contributed by atoms with Crippen LogP contribution in [0.4, 0.5) is 0 Å². The predicted molar refractivity (Wildman–Crippen MR) is 104 cm³/mol. The molecule has 1 fully saturated rings. The number of ether oxygens (including phenoxy) is 2. The monoisotopic (exact) mass is 340 g/mol. The van der Waals surface area contributed by atoms with Gasteiger partial charge in [0.05, 0.1) is 0 Å². The van der Waals surface area contributed by atoms with Gasteiger partial charge >= 0.3 is 0 Å². The summed E-state index contributed by atoms with van der Waals surface area (Å²) in [5.41, 5.74) is 0. The van der Waals surface area contributed by atoms with Crippen molar-refractivity contribution in [3.05, 3.63) is 0 Å². The molecule has 144 valence electrons. The number of rotatable bonds is 13. The summed E-state index contributed by atoms with van der Waals surface area (Å²) in [6.45, 7) is 8.08. The van der Waals surface area contributed by atoms with Crippen molar-refractivity contribution in [2.24, 2.45) is 5.92 Å². The molecule has 0 unspecified atom stereocenters. The molecule has 0 saturated heterocycles. The highest BCUT2D eigenvalue weighted by Crippen LogP contribution is 2.38. The molecule has 1 aliphatic carbocycles. The van der Waals surface area contributed by atoms with Gasteiger partial charge < -0.3 is 9.47 Å². The highest BCUT2D eigenvalue weighted by atomic mass is 16.7. The molecule has 0 bridgehead atoms. The van der Waals surface area contributed by atoms with Crippen LogP contribution in [-0.4, -0.2) is 19.0 Å². The first kappa shape index (κ1) is 22.0. The second-order valence-electron chi connectivity index (χ2n) is 7.59. The van der Waals surface area contributed by atoms with Crippen LogP contribution in [0, 0.1) is 5.92 Å². The Labute approximate surface area is 152 Å². The van der Waals surface area contributed by atoms with Crippen molar-refractivity contribution in [1.82, 2.24) is 0 Å². The van der Waals surface area contributed by atoms with Crippen molar-refractivity contribution in [3.8, 4) is 0 Å². The highest BCUT2D eigenvalue weighted by Gasteiger charge is 2.39. The molecular formula is C22H44O2. The van der Waals surface area contributed by atoms with E-state index in [0.717, 1.165) is 19.6 Å². The third-order valence-electron chi connectivity index (χ3n) is 5.63. The molecule has 0 aromatic rings. The van der Waals surface area contributed by atoms with Crippen LogP contribution in [0.1, 0.15) is 117 Å². The van der Waals surface area contributed by atoms with Gasteiger partial charge in [-0.15, -0.1) is 0 Å². The lowest BCUT2D eigenvalue weighted by molar-refractivity contribution is -0.271. The van der Waals surface area contributed by atoms with E-state index < -0.39 is 0 Å². The molecule has 2 heteroatoms. The molecule has 0 radical (unpaired) electrons. The third kappa shape index (κ3) is 8.34. The Balaban J connectivity index is 2.52. The largest absolute Gasteiger partial charge is 0.350 e. The van der Waals surface area contributed by atoms with Gasteiger partial charge in [0.1, 0.15) is 0 Å². The smallest absolute Gasteiger partial charge is 0.171 e. The van der Waals surface area contributed by atoms with Crippen LogP contribution >= 0.6 is 0 Å². The molecule has 0 aromatic heterocycles. The van der Waals surface area contributed by atoms with Crippen molar-refractivity contribution in [3.63, 3.8) is 0 Å². The van der Waals surface area contributed by atoms with Crippen LogP contribution in [0.2, 0.25) is 0 Å². The fraction of sp³-hybridized carbons (Fsp3) is 1.00. The third-order valence-corrected chi connectivity index (χ3v) is 5.63. The van der Waals surface area contributed by atoms with E-state index in [9.17, 15) is 0 Å². The fourth-order valence-corrected chi connectivity index (χ4v) is 4.34. The maximum Gasteiger partial charge on any atom is 0.171 e. The van der Waals surface area contributed by atoms with E-state index in [1.54, 1.807) is 0 Å². The molecule has 1 saturated carbocycles. The maximum absolute atomic E-state index is 6.33. The van der Waals surface area contributed by atoms with Gasteiger partial charge in [-0.25, -0.2) is 0 Å². The molecular weight excluding hydrogens is 296 g/mol. The van der Waals surface area contributed by atoms with Gasteiger partial charge in [-0.05, 0) is 33.1 Å². The summed E-state index contributed by atoms with van der Waals surface area (Å²) < 4.78 is 12.7. The molecule has 0 aromatic carbocycles. The van der Waals surface area contributed by atoms with Crippen LogP contribution in [0.5, 0.6) is 0 Å². The normalized spacial score (nSPS) is 17.6. The minimum absolute atomic E-state index is 0.301. The molecule has 1 aliphatic rings. The van der Waals surface area contributed by atoms with Gasteiger partial charge in [0, 0.05) is 25.6 Å². The molecule has 0 heterocycles. The van der Waals surface area contributed by atoms with Gasteiger partial charge in [-0.3, -0.25) is 0 Å². The Morgan fingerprint density at radius 1 is 0.667 bits per heavy atom. The zero-order chi connectivity index (χ0) is 17.5. The summed E-state index contributed by atoms with van der Waals surface area (Å²) in [4.78, 5) is 0. The summed E-state index contributed by atoms with van der Waals surface area (Å²) in [6.07, 6.45) is 20.1. The topological polar surface area (TPSA) is 18.5 Å². The lowest BCUT2D eigenvalue weighted by Gasteiger charge is -2.41. The molecule has 24 heavy (non-hydrogen) atoms. The van der Waals surface area contributed by atoms with E-state index in [1.807, 2.05) is 0 Å². The van der Waals surface area contributed by atoms with E-state index in [0.29, 0.717) is 5.92 Å². The zero-order valence-electron chi connectivity index (χ0n) is 16.9. The second-order valence-corrected chi connectivity index (χ2v) is 7.59. The average Bonchev–Trinajstić information content (AvgIpc) is 2.54. The van der Waals surface area contributed by atoms with Crippen LogP contribution in [-0.2, 0) is 9.47 Å². The van der Waals surface area contributed by atoms with Gasteiger partial charge in [0.2, 0.25) is 0 Å². The van der Waals surface area contributed by atoms with Crippen LogP contribution in [0.15, 0.2) is 0 Å². The molecule has 0 spiro atoms. The van der Waals surface area contributed by atoms with E-state index in [-0.39, 0.29) is 5.79 Å². The molecule has 0 N–H and O–H groups in total. The van der Waals surface area contributed by atoms with Crippen LogP contribution in [0.25, 0.3) is 0 Å². The van der Waals surface area contributed by atoms with Crippen molar-refractivity contribution in [1.29, 1.82) is 0 Å². The Morgan fingerprint density at radius 2 is 1.17 bits per heavy atom. The van der Waals surface area contributed by atoms with Gasteiger partial charge in [0.25, 0.3) is 0 Å². The first-order chi connectivity index (χ1) is 11.8. The van der Waals surface area contributed by atoms with Crippen molar-refractivity contribution in [2.75, 3.05) is 13.2 Å². The molecule has 2 nitrogen and oxygen atoms in total. The van der Waals surface area contributed by atoms with E-state index in [2.05, 4.69) is 20.8 Å². The summed E-state index contributed by atoms with van der Waals surface area (Å²) in [5, 5.41) is 0. The van der Waals surface area contributed by atoms with Crippen LogP contribution in [0.3, 0.4) is 0 Å². The number of hydrogen-bond acceptors (Lipinski definition) is 2. The number of hydrogen-bond donors (Lipinski definition) is 0. The fourth-order valence-electron chi connectivity index (χ4n) is 4.34. The summed E-state index contributed by atoms with van der Waals surface area (Å²) in [7, 11) is 0. The molecule has 0 amide bonds. The Hall–Kier alpha value is -0.0800. The quantitative estimate of drug-likeness (QED) is 0.259. The predicted octanol–water partition coefficient (Wildman–Crippen LogP) is 7.26. The number of unbranched alkanes of at least 4 members (excludes halogenated alkanes) is 6. The second kappa shape index (κ2) is 14.1. The summed E-state index contributed by atoms with van der Waals surface area (Å²) in [6, 6.07) is 0. The SMILES string of the molecule is CCCCCCCCCC(OCC)(OCC)C1CCCCCCC1. The maximum atomic E-state index is 6.33. The zero-order valence-corrected chi connectivity index (χ0v) is 16.9. The Morgan fingerprint density at radius 3 is 1.71 bits per heavy atom. The first-order valence-electron chi connectivity index (χ1n) is 11.1. The van der Waals surface area contributed by atoms with E-state index >= 15 is 0 Å². The van der Waals surface area contributed by atoms with Gasteiger partial charge in [-0.1, -0.05) is 77.6 Å². The Kier molecular flexibility index (Phi) is 12.9. The van der Waals surface area contributed by atoms with Crippen LogP contribution < -0.4 is 0 Å². The molecule has 0 aliphatic heterocycles. The van der Waals surface area contributed by atoms with E-state index in [4.69, 9.17) is 9.47 Å².